The molecule has 1 aliphatic rings. The van der Waals surface area contributed by atoms with Crippen LogP contribution in [0.2, 0.25) is 0 Å². The van der Waals surface area contributed by atoms with Gasteiger partial charge in [-0.15, -0.1) is 11.3 Å². The fourth-order valence-electron chi connectivity index (χ4n) is 2.42. The van der Waals surface area contributed by atoms with E-state index < -0.39 is 0 Å². The summed E-state index contributed by atoms with van der Waals surface area (Å²) in [5.74, 6) is 1.06. The van der Waals surface area contributed by atoms with Crippen molar-refractivity contribution in [2.75, 3.05) is 13.7 Å². The van der Waals surface area contributed by atoms with Crippen molar-refractivity contribution in [2.24, 2.45) is 0 Å². The maximum Gasteiger partial charge on any atom is 0.127 e. The number of fused-ring (bicyclic) bond motifs is 1. The summed E-state index contributed by atoms with van der Waals surface area (Å²) in [4.78, 5) is 1.27. The van der Waals surface area contributed by atoms with Crippen LogP contribution in [-0.4, -0.2) is 13.7 Å². The molecule has 2 nitrogen and oxygen atoms in total. The Bertz CT molecular complexity index is 592. The summed E-state index contributed by atoms with van der Waals surface area (Å²) in [5.41, 5.74) is 2.53. The lowest BCUT2D eigenvalue weighted by molar-refractivity contribution is 0.351. The summed E-state index contributed by atoms with van der Waals surface area (Å²) in [7, 11) is 1.99. The van der Waals surface area contributed by atoms with Gasteiger partial charge in [0.05, 0.1) is 16.4 Å². The quantitative estimate of drug-likeness (QED) is 0.814. The lowest BCUT2D eigenvalue weighted by Gasteiger charge is -2.18. The first-order valence-electron chi connectivity index (χ1n) is 6.07. The van der Waals surface area contributed by atoms with Crippen LogP contribution >= 0.6 is 43.2 Å². The molecule has 2 aromatic rings. The van der Waals surface area contributed by atoms with Crippen molar-refractivity contribution < 1.29 is 4.74 Å². The molecule has 1 unspecified atom stereocenters. The van der Waals surface area contributed by atoms with Gasteiger partial charge in [0.15, 0.2) is 0 Å². The minimum atomic E-state index is 0.167. The monoisotopic (exact) mass is 401 g/mol. The molecule has 0 saturated carbocycles. The molecule has 1 atom stereocenters. The van der Waals surface area contributed by atoms with Gasteiger partial charge in [0.2, 0.25) is 0 Å². The molecule has 1 aliphatic heterocycles. The van der Waals surface area contributed by atoms with Crippen LogP contribution in [0.3, 0.4) is 0 Å². The van der Waals surface area contributed by atoms with E-state index in [9.17, 15) is 0 Å². The summed E-state index contributed by atoms with van der Waals surface area (Å²) in [5, 5.41) is 3.39. The van der Waals surface area contributed by atoms with Crippen LogP contribution in [-0.2, 0) is 6.42 Å². The predicted molar refractivity (Wildman–Crippen MR) is 86.3 cm³/mol. The van der Waals surface area contributed by atoms with Crippen molar-refractivity contribution in [1.82, 2.24) is 5.32 Å². The highest BCUT2D eigenvalue weighted by Gasteiger charge is 2.24. The van der Waals surface area contributed by atoms with E-state index in [0.717, 1.165) is 27.0 Å². The average molecular weight is 403 g/mol. The van der Waals surface area contributed by atoms with E-state index in [2.05, 4.69) is 61.4 Å². The molecule has 19 heavy (non-hydrogen) atoms. The number of para-hydroxylation sites is 1. The normalized spacial score (nSPS) is 15.1. The zero-order valence-electron chi connectivity index (χ0n) is 10.4. The Morgan fingerprint density at radius 2 is 2.21 bits per heavy atom. The van der Waals surface area contributed by atoms with E-state index in [1.54, 1.807) is 11.3 Å². The first-order chi connectivity index (χ1) is 9.20. The Balaban J connectivity index is 2.06. The molecule has 1 aromatic heterocycles. The van der Waals surface area contributed by atoms with Crippen molar-refractivity contribution in [1.29, 1.82) is 0 Å². The summed E-state index contributed by atoms with van der Waals surface area (Å²) < 4.78 is 8.03. The van der Waals surface area contributed by atoms with Crippen LogP contribution in [0.15, 0.2) is 32.5 Å². The van der Waals surface area contributed by atoms with E-state index in [4.69, 9.17) is 4.74 Å². The molecule has 0 radical (unpaired) electrons. The molecular formula is C14H13Br2NOS. The smallest absolute Gasteiger partial charge is 0.127 e. The minimum absolute atomic E-state index is 0.167. The number of hydrogen-bond acceptors (Lipinski definition) is 3. The molecular weight excluding hydrogens is 390 g/mol. The Hall–Kier alpha value is -0.360. The van der Waals surface area contributed by atoms with Gasteiger partial charge in [-0.1, -0.05) is 18.2 Å². The number of rotatable bonds is 3. The molecule has 0 saturated heterocycles. The zero-order valence-corrected chi connectivity index (χ0v) is 14.4. The van der Waals surface area contributed by atoms with Gasteiger partial charge in [-0.2, -0.15) is 0 Å². The SMILES string of the molecule is CNC(c1cc(Br)c(Br)s1)c1cccc2c1OCC2. The van der Waals surface area contributed by atoms with Gasteiger partial charge >= 0.3 is 0 Å². The number of halogens is 2. The number of hydrogen-bond donors (Lipinski definition) is 1. The molecule has 5 heteroatoms. The highest BCUT2D eigenvalue weighted by atomic mass is 79.9. The van der Waals surface area contributed by atoms with E-state index in [1.165, 1.54) is 16.0 Å². The lowest BCUT2D eigenvalue weighted by Crippen LogP contribution is -2.17. The molecule has 0 fully saturated rings. The maximum atomic E-state index is 5.81. The summed E-state index contributed by atoms with van der Waals surface area (Å²) in [6.07, 6.45) is 1.01. The Morgan fingerprint density at radius 3 is 2.89 bits per heavy atom. The van der Waals surface area contributed by atoms with Crippen molar-refractivity contribution in [3.63, 3.8) is 0 Å². The molecule has 1 aromatic carbocycles. The maximum absolute atomic E-state index is 5.81. The molecule has 100 valence electrons. The lowest BCUT2D eigenvalue weighted by atomic mass is 10.0. The molecule has 3 rings (SSSR count). The Labute approximate surface area is 133 Å². The van der Waals surface area contributed by atoms with Crippen LogP contribution in [0.25, 0.3) is 0 Å². The summed E-state index contributed by atoms with van der Waals surface area (Å²) in [6, 6.07) is 8.74. The fraction of sp³-hybridized carbons (Fsp3) is 0.286. The van der Waals surface area contributed by atoms with Gasteiger partial charge in [0.1, 0.15) is 5.75 Å². The van der Waals surface area contributed by atoms with E-state index >= 15 is 0 Å². The first-order valence-corrected chi connectivity index (χ1v) is 8.47. The Morgan fingerprint density at radius 1 is 1.37 bits per heavy atom. The zero-order chi connectivity index (χ0) is 13.4. The van der Waals surface area contributed by atoms with Crippen LogP contribution in [0.1, 0.15) is 22.0 Å². The van der Waals surface area contributed by atoms with Gasteiger partial charge in [-0.25, -0.2) is 0 Å². The van der Waals surface area contributed by atoms with Crippen LogP contribution in [0, 0.1) is 0 Å². The van der Waals surface area contributed by atoms with E-state index in [-0.39, 0.29) is 6.04 Å². The van der Waals surface area contributed by atoms with Gasteiger partial charge in [0.25, 0.3) is 0 Å². The van der Waals surface area contributed by atoms with Crippen LogP contribution < -0.4 is 10.1 Å². The van der Waals surface area contributed by atoms with Crippen molar-refractivity contribution in [3.05, 3.63) is 48.5 Å². The predicted octanol–water partition coefficient (Wildman–Crippen LogP) is 4.52. The number of nitrogens with one attached hydrogen (secondary N) is 1. The van der Waals surface area contributed by atoms with Crippen molar-refractivity contribution in [3.8, 4) is 5.75 Å². The highest BCUT2D eigenvalue weighted by molar-refractivity contribution is 9.13. The summed E-state index contributed by atoms with van der Waals surface area (Å²) >= 11 is 8.85. The van der Waals surface area contributed by atoms with Crippen molar-refractivity contribution in [2.45, 2.75) is 12.5 Å². The second kappa shape index (κ2) is 5.56. The standard InChI is InChI=1S/C14H13Br2NOS/c1-17-12(11-7-10(15)14(16)19-11)9-4-2-3-8-5-6-18-13(8)9/h2-4,7,12,17H,5-6H2,1H3. The second-order valence-electron chi connectivity index (χ2n) is 4.43. The van der Waals surface area contributed by atoms with Crippen LogP contribution in [0.4, 0.5) is 0 Å². The minimum Gasteiger partial charge on any atom is -0.493 e. The van der Waals surface area contributed by atoms with Gasteiger partial charge in [0, 0.05) is 21.3 Å². The van der Waals surface area contributed by atoms with Gasteiger partial charge < -0.3 is 10.1 Å². The fourth-order valence-corrected chi connectivity index (χ4v) is 4.64. The molecule has 0 aliphatic carbocycles. The van der Waals surface area contributed by atoms with Gasteiger partial charge in [-0.05, 0) is 50.5 Å². The largest absolute Gasteiger partial charge is 0.493 e. The van der Waals surface area contributed by atoms with E-state index in [1.807, 2.05) is 7.05 Å². The van der Waals surface area contributed by atoms with E-state index in [0.29, 0.717) is 0 Å². The first kappa shape index (κ1) is 13.6. The molecule has 0 spiro atoms. The molecule has 0 amide bonds. The molecule has 0 bridgehead atoms. The molecule has 1 N–H and O–H groups in total. The second-order valence-corrected chi connectivity index (χ2v) is 7.68. The number of thiophene rings is 1. The molecule has 2 heterocycles. The average Bonchev–Trinajstić information content (AvgIpc) is 2.99. The number of benzene rings is 1. The Kier molecular flexibility index (Phi) is 3.98. The van der Waals surface area contributed by atoms with Crippen LogP contribution in [0.5, 0.6) is 5.75 Å². The third-order valence-corrected chi connectivity index (χ3v) is 6.61. The van der Waals surface area contributed by atoms with Crippen molar-refractivity contribution >= 4 is 43.2 Å². The summed E-state index contributed by atoms with van der Waals surface area (Å²) in [6.45, 7) is 0.792. The highest BCUT2D eigenvalue weighted by Crippen LogP contribution is 2.41. The topological polar surface area (TPSA) is 21.3 Å². The van der Waals surface area contributed by atoms with Gasteiger partial charge in [-0.3, -0.25) is 0 Å². The third-order valence-electron chi connectivity index (χ3n) is 3.29. The number of ether oxygens (including phenoxy) is 1. The third kappa shape index (κ3) is 2.49.